The van der Waals surface area contributed by atoms with Gasteiger partial charge in [-0.2, -0.15) is 0 Å². The standard InChI is InChI=1S/C12H19N3O/c1-3-13-12-8-10(4-6-14-12)15(2)11-5-7-16-9-11/h4,6,8,11H,3,5,7,9H2,1-2H3,(H,13,14). The van der Waals surface area contributed by atoms with Crippen molar-refractivity contribution in [2.45, 2.75) is 19.4 Å². The van der Waals surface area contributed by atoms with Crippen LogP contribution in [0.2, 0.25) is 0 Å². The minimum atomic E-state index is 0.497. The third-order valence-electron chi connectivity index (χ3n) is 2.96. The van der Waals surface area contributed by atoms with Crippen LogP contribution in [0.1, 0.15) is 13.3 Å². The van der Waals surface area contributed by atoms with Gasteiger partial charge >= 0.3 is 0 Å². The number of nitrogens with zero attached hydrogens (tertiary/aromatic N) is 2. The van der Waals surface area contributed by atoms with E-state index in [-0.39, 0.29) is 0 Å². The van der Waals surface area contributed by atoms with Crippen molar-refractivity contribution < 1.29 is 4.74 Å². The lowest BCUT2D eigenvalue weighted by Crippen LogP contribution is -2.31. The van der Waals surface area contributed by atoms with E-state index in [9.17, 15) is 0 Å². The second-order valence-corrected chi connectivity index (χ2v) is 4.06. The van der Waals surface area contributed by atoms with Gasteiger partial charge in [0.2, 0.25) is 0 Å². The zero-order valence-corrected chi connectivity index (χ0v) is 9.94. The van der Waals surface area contributed by atoms with Crippen LogP contribution >= 0.6 is 0 Å². The van der Waals surface area contributed by atoms with Crippen LogP contribution in [0.4, 0.5) is 11.5 Å². The average molecular weight is 221 g/mol. The Labute approximate surface area is 96.6 Å². The first-order chi connectivity index (χ1) is 7.81. The van der Waals surface area contributed by atoms with Gasteiger partial charge in [0.15, 0.2) is 0 Å². The lowest BCUT2D eigenvalue weighted by atomic mass is 10.2. The molecule has 4 nitrogen and oxygen atoms in total. The van der Waals surface area contributed by atoms with Crippen LogP contribution in [0.25, 0.3) is 0 Å². The van der Waals surface area contributed by atoms with Gasteiger partial charge in [0.05, 0.1) is 12.6 Å². The zero-order valence-electron chi connectivity index (χ0n) is 9.94. The molecule has 2 rings (SSSR count). The number of rotatable bonds is 4. The minimum Gasteiger partial charge on any atom is -0.379 e. The first kappa shape index (κ1) is 11.2. The van der Waals surface area contributed by atoms with E-state index in [0.29, 0.717) is 6.04 Å². The van der Waals surface area contributed by atoms with Crippen molar-refractivity contribution in [3.8, 4) is 0 Å². The predicted molar refractivity (Wildman–Crippen MR) is 66.0 cm³/mol. The summed E-state index contributed by atoms with van der Waals surface area (Å²) in [5, 5.41) is 3.22. The zero-order chi connectivity index (χ0) is 11.4. The summed E-state index contributed by atoms with van der Waals surface area (Å²) in [5.74, 6) is 0.936. The molecule has 1 unspecified atom stereocenters. The lowest BCUT2D eigenvalue weighted by molar-refractivity contribution is 0.193. The maximum absolute atomic E-state index is 5.40. The molecule has 2 heterocycles. The summed E-state index contributed by atoms with van der Waals surface area (Å²) in [6.45, 7) is 4.67. The highest BCUT2D eigenvalue weighted by molar-refractivity contribution is 5.54. The number of nitrogens with one attached hydrogen (secondary N) is 1. The van der Waals surface area contributed by atoms with Gasteiger partial charge < -0.3 is 15.0 Å². The Morgan fingerprint density at radius 3 is 3.19 bits per heavy atom. The van der Waals surface area contributed by atoms with Gasteiger partial charge in [0.25, 0.3) is 0 Å². The van der Waals surface area contributed by atoms with Crippen molar-refractivity contribution in [3.05, 3.63) is 18.3 Å². The molecule has 1 atom stereocenters. The second-order valence-electron chi connectivity index (χ2n) is 4.06. The summed E-state index contributed by atoms with van der Waals surface area (Å²) in [4.78, 5) is 6.54. The summed E-state index contributed by atoms with van der Waals surface area (Å²) < 4.78 is 5.40. The molecule has 1 fully saturated rings. The van der Waals surface area contributed by atoms with Crippen LogP contribution in [0, 0.1) is 0 Å². The maximum Gasteiger partial charge on any atom is 0.127 e. The highest BCUT2D eigenvalue weighted by Gasteiger charge is 2.20. The van der Waals surface area contributed by atoms with E-state index in [0.717, 1.165) is 32.0 Å². The van der Waals surface area contributed by atoms with Gasteiger partial charge in [0.1, 0.15) is 5.82 Å². The number of hydrogen-bond acceptors (Lipinski definition) is 4. The van der Waals surface area contributed by atoms with E-state index in [1.807, 2.05) is 12.3 Å². The van der Waals surface area contributed by atoms with Gasteiger partial charge in [-0.05, 0) is 19.4 Å². The van der Waals surface area contributed by atoms with E-state index in [1.165, 1.54) is 5.69 Å². The minimum absolute atomic E-state index is 0.497. The first-order valence-corrected chi connectivity index (χ1v) is 5.81. The third-order valence-corrected chi connectivity index (χ3v) is 2.96. The van der Waals surface area contributed by atoms with Crippen LogP contribution < -0.4 is 10.2 Å². The SMILES string of the molecule is CCNc1cc(N(C)C2CCOC2)ccn1. The molecule has 0 saturated carbocycles. The van der Waals surface area contributed by atoms with E-state index in [1.54, 1.807) is 0 Å². The molecule has 16 heavy (non-hydrogen) atoms. The molecule has 0 aromatic carbocycles. The summed E-state index contributed by atoms with van der Waals surface area (Å²) in [7, 11) is 2.12. The Hall–Kier alpha value is -1.29. The molecule has 1 aromatic rings. The molecule has 1 saturated heterocycles. The molecule has 0 bridgehead atoms. The topological polar surface area (TPSA) is 37.4 Å². The Bertz CT molecular complexity index is 337. The monoisotopic (exact) mass is 221 g/mol. The summed E-state index contributed by atoms with van der Waals surface area (Å²) in [6.07, 6.45) is 2.95. The number of anilines is 2. The molecule has 4 heteroatoms. The van der Waals surface area contributed by atoms with E-state index < -0.39 is 0 Å². The van der Waals surface area contributed by atoms with Crippen molar-refractivity contribution >= 4 is 11.5 Å². The smallest absolute Gasteiger partial charge is 0.127 e. The van der Waals surface area contributed by atoms with E-state index in [4.69, 9.17) is 4.74 Å². The second kappa shape index (κ2) is 5.16. The Morgan fingerprint density at radius 1 is 1.62 bits per heavy atom. The normalized spacial score (nSPS) is 19.8. The van der Waals surface area contributed by atoms with Crippen molar-refractivity contribution in [1.29, 1.82) is 0 Å². The Balaban J connectivity index is 2.09. The summed E-state index contributed by atoms with van der Waals surface area (Å²) in [6, 6.07) is 4.62. The van der Waals surface area contributed by atoms with Crippen LogP contribution in [0.15, 0.2) is 18.3 Å². The Morgan fingerprint density at radius 2 is 2.50 bits per heavy atom. The van der Waals surface area contributed by atoms with E-state index >= 15 is 0 Å². The molecule has 1 aliphatic rings. The first-order valence-electron chi connectivity index (χ1n) is 5.81. The largest absolute Gasteiger partial charge is 0.379 e. The highest BCUT2D eigenvalue weighted by Crippen LogP contribution is 2.21. The van der Waals surface area contributed by atoms with Gasteiger partial charge in [-0.1, -0.05) is 0 Å². The average Bonchev–Trinajstić information content (AvgIpc) is 2.82. The van der Waals surface area contributed by atoms with Crippen molar-refractivity contribution in [2.75, 3.05) is 37.0 Å². The molecule has 0 aliphatic carbocycles. The highest BCUT2D eigenvalue weighted by atomic mass is 16.5. The number of hydrogen-bond donors (Lipinski definition) is 1. The molecular weight excluding hydrogens is 202 g/mol. The van der Waals surface area contributed by atoms with Gasteiger partial charge in [0, 0.05) is 38.1 Å². The molecule has 1 aromatic heterocycles. The fourth-order valence-electron chi connectivity index (χ4n) is 1.95. The molecule has 0 amide bonds. The van der Waals surface area contributed by atoms with Crippen LogP contribution in [-0.2, 0) is 4.74 Å². The maximum atomic E-state index is 5.40. The third kappa shape index (κ3) is 2.44. The lowest BCUT2D eigenvalue weighted by Gasteiger charge is -2.25. The van der Waals surface area contributed by atoms with Crippen molar-refractivity contribution in [3.63, 3.8) is 0 Å². The van der Waals surface area contributed by atoms with E-state index in [2.05, 4.69) is 35.2 Å². The van der Waals surface area contributed by atoms with Crippen LogP contribution in [0.5, 0.6) is 0 Å². The molecule has 0 spiro atoms. The number of aromatic nitrogens is 1. The number of likely N-dealkylation sites (N-methyl/N-ethyl adjacent to an activating group) is 1. The molecule has 1 aliphatic heterocycles. The molecule has 0 radical (unpaired) electrons. The molecule has 1 N–H and O–H groups in total. The molecular formula is C12H19N3O. The van der Waals surface area contributed by atoms with Crippen LogP contribution in [0.3, 0.4) is 0 Å². The quantitative estimate of drug-likeness (QED) is 0.840. The molecule has 88 valence electrons. The number of ether oxygens (including phenoxy) is 1. The van der Waals surface area contributed by atoms with Crippen molar-refractivity contribution in [2.24, 2.45) is 0 Å². The fraction of sp³-hybridized carbons (Fsp3) is 0.583. The van der Waals surface area contributed by atoms with Crippen LogP contribution in [-0.4, -0.2) is 37.8 Å². The van der Waals surface area contributed by atoms with Gasteiger partial charge in [-0.25, -0.2) is 4.98 Å². The van der Waals surface area contributed by atoms with Gasteiger partial charge in [-0.3, -0.25) is 0 Å². The Kier molecular flexibility index (Phi) is 3.62. The summed E-state index contributed by atoms with van der Waals surface area (Å²) in [5.41, 5.74) is 1.20. The van der Waals surface area contributed by atoms with Gasteiger partial charge in [-0.15, -0.1) is 0 Å². The number of pyridine rings is 1. The fourth-order valence-corrected chi connectivity index (χ4v) is 1.95. The van der Waals surface area contributed by atoms with Crippen molar-refractivity contribution in [1.82, 2.24) is 4.98 Å². The predicted octanol–water partition coefficient (Wildman–Crippen LogP) is 1.74. The summed E-state index contributed by atoms with van der Waals surface area (Å²) >= 11 is 0.